The minimum absolute atomic E-state index is 0.0960. The van der Waals surface area contributed by atoms with Crippen LogP contribution < -0.4 is 0 Å². The molecule has 0 bridgehead atoms. The first-order valence-electron chi connectivity index (χ1n) is 5.91. The van der Waals surface area contributed by atoms with Gasteiger partial charge in [-0.05, 0) is 29.4 Å². The number of hydrogen-bond donors (Lipinski definition) is 0. The molecule has 1 rings (SSSR count). The lowest BCUT2D eigenvalue weighted by Gasteiger charge is -2.35. The smallest absolute Gasteiger partial charge is 0.181 e. The van der Waals surface area contributed by atoms with Crippen LogP contribution in [0.4, 0.5) is 0 Å². The van der Waals surface area contributed by atoms with E-state index in [4.69, 9.17) is 0 Å². The maximum absolute atomic E-state index is 11.5. The fourth-order valence-corrected chi connectivity index (χ4v) is 2.28. The fourth-order valence-electron chi connectivity index (χ4n) is 2.28. The molecule has 0 aromatic heterocycles. The minimum Gasteiger partial charge on any atom is -0.290 e. The number of hydrogen-bond acceptors (Lipinski definition) is 1. The summed E-state index contributed by atoms with van der Waals surface area (Å²) in [6.45, 7) is 10.5. The van der Waals surface area contributed by atoms with Crippen LogP contribution in [0, 0.1) is 11.3 Å². The maximum atomic E-state index is 11.5. The molecule has 0 aliphatic heterocycles. The molecule has 1 aliphatic carbocycles. The van der Waals surface area contributed by atoms with Gasteiger partial charge in [-0.1, -0.05) is 52.7 Å². The number of allylic oxidation sites excluding steroid dienone is 3. The van der Waals surface area contributed by atoms with Crippen LogP contribution in [0.25, 0.3) is 0 Å². The molecule has 0 spiro atoms. The van der Waals surface area contributed by atoms with E-state index < -0.39 is 0 Å². The Bertz CT molecular complexity index is 284. The van der Waals surface area contributed by atoms with Crippen molar-refractivity contribution < 1.29 is 4.79 Å². The molecule has 0 saturated heterocycles. The molecular weight excluding hydrogens is 184 g/mol. The first-order chi connectivity index (χ1) is 6.99. The predicted molar refractivity (Wildman–Crippen MR) is 64.7 cm³/mol. The van der Waals surface area contributed by atoms with Gasteiger partial charge in [0.2, 0.25) is 0 Å². The van der Waals surface area contributed by atoms with Gasteiger partial charge >= 0.3 is 0 Å². The maximum Gasteiger partial charge on any atom is 0.181 e. The highest BCUT2D eigenvalue weighted by molar-refractivity contribution is 6.05. The number of unbranched alkanes of at least 4 members (excludes halogenated alkanes) is 2. The third kappa shape index (κ3) is 2.80. The lowest BCUT2D eigenvalue weighted by Crippen LogP contribution is -2.30. The zero-order valence-corrected chi connectivity index (χ0v) is 10.2. The first kappa shape index (κ1) is 12.2. The van der Waals surface area contributed by atoms with Gasteiger partial charge in [-0.3, -0.25) is 4.79 Å². The summed E-state index contributed by atoms with van der Waals surface area (Å²) in [5.74, 6) is 0.456. The van der Waals surface area contributed by atoms with E-state index in [1.807, 2.05) is 6.08 Å². The molecule has 0 saturated carbocycles. The SMILES string of the molecule is C=C1C(=O)C=CC(C)(C)C1CCCCC. The van der Waals surface area contributed by atoms with Crippen molar-refractivity contribution in [3.8, 4) is 0 Å². The largest absolute Gasteiger partial charge is 0.290 e. The van der Waals surface area contributed by atoms with Gasteiger partial charge in [-0.25, -0.2) is 0 Å². The van der Waals surface area contributed by atoms with E-state index in [0.717, 1.165) is 12.0 Å². The second-order valence-corrected chi connectivity index (χ2v) is 5.09. The van der Waals surface area contributed by atoms with Crippen molar-refractivity contribution in [2.24, 2.45) is 11.3 Å². The highest BCUT2D eigenvalue weighted by Crippen LogP contribution is 2.40. The van der Waals surface area contributed by atoms with Crippen LogP contribution in [0.1, 0.15) is 46.5 Å². The molecule has 0 amide bonds. The van der Waals surface area contributed by atoms with E-state index >= 15 is 0 Å². The average molecular weight is 206 g/mol. The molecular formula is C14H22O. The zero-order valence-electron chi connectivity index (χ0n) is 10.2. The third-order valence-corrected chi connectivity index (χ3v) is 3.40. The van der Waals surface area contributed by atoms with Crippen molar-refractivity contribution in [1.29, 1.82) is 0 Å². The van der Waals surface area contributed by atoms with Gasteiger partial charge < -0.3 is 0 Å². The Kier molecular flexibility index (Phi) is 3.90. The van der Waals surface area contributed by atoms with Crippen LogP contribution in [0.2, 0.25) is 0 Å². The minimum atomic E-state index is 0.0960. The molecule has 1 unspecified atom stereocenters. The van der Waals surface area contributed by atoms with Crippen molar-refractivity contribution in [2.75, 3.05) is 0 Å². The van der Waals surface area contributed by atoms with Gasteiger partial charge in [0.05, 0.1) is 0 Å². The quantitative estimate of drug-likeness (QED) is 0.503. The molecule has 1 atom stereocenters. The zero-order chi connectivity index (χ0) is 11.5. The summed E-state index contributed by atoms with van der Waals surface area (Å²) >= 11 is 0. The number of carbonyl (C=O) groups is 1. The summed E-state index contributed by atoms with van der Waals surface area (Å²) < 4.78 is 0. The van der Waals surface area contributed by atoms with E-state index in [9.17, 15) is 4.79 Å². The monoisotopic (exact) mass is 206 g/mol. The molecule has 0 aromatic rings. The molecule has 0 aromatic carbocycles. The highest BCUT2D eigenvalue weighted by atomic mass is 16.1. The van der Waals surface area contributed by atoms with Crippen molar-refractivity contribution in [3.63, 3.8) is 0 Å². The van der Waals surface area contributed by atoms with Gasteiger partial charge in [0.25, 0.3) is 0 Å². The third-order valence-electron chi connectivity index (χ3n) is 3.40. The Balaban J connectivity index is 2.70. The number of carbonyl (C=O) groups excluding carboxylic acids is 1. The van der Waals surface area contributed by atoms with Gasteiger partial charge in [0, 0.05) is 0 Å². The Labute approximate surface area is 93.3 Å². The Morgan fingerprint density at radius 1 is 1.40 bits per heavy atom. The van der Waals surface area contributed by atoms with Gasteiger partial charge in [-0.2, -0.15) is 0 Å². The van der Waals surface area contributed by atoms with Crippen molar-refractivity contribution >= 4 is 5.78 Å². The van der Waals surface area contributed by atoms with Crippen LogP contribution in [0.5, 0.6) is 0 Å². The average Bonchev–Trinajstić information content (AvgIpc) is 2.18. The normalized spacial score (nSPS) is 24.6. The molecule has 0 radical (unpaired) electrons. The first-order valence-corrected chi connectivity index (χ1v) is 5.91. The Morgan fingerprint density at radius 3 is 2.67 bits per heavy atom. The molecule has 1 nitrogen and oxygen atoms in total. The summed E-state index contributed by atoms with van der Waals surface area (Å²) in [6.07, 6.45) is 8.49. The fraction of sp³-hybridized carbons (Fsp3) is 0.643. The molecule has 1 heteroatoms. The summed E-state index contributed by atoms with van der Waals surface area (Å²) in [4.78, 5) is 11.5. The second kappa shape index (κ2) is 4.78. The summed E-state index contributed by atoms with van der Waals surface area (Å²) in [5.41, 5.74) is 0.900. The summed E-state index contributed by atoms with van der Waals surface area (Å²) in [6, 6.07) is 0. The van der Waals surface area contributed by atoms with E-state index in [1.165, 1.54) is 19.3 Å². The van der Waals surface area contributed by atoms with Crippen molar-refractivity contribution in [2.45, 2.75) is 46.5 Å². The van der Waals surface area contributed by atoms with Crippen molar-refractivity contribution in [3.05, 3.63) is 24.3 Å². The number of ketones is 1. The van der Waals surface area contributed by atoms with Gasteiger partial charge in [0.15, 0.2) is 5.78 Å². The van der Waals surface area contributed by atoms with E-state index in [-0.39, 0.29) is 11.2 Å². The lowest BCUT2D eigenvalue weighted by atomic mass is 9.68. The van der Waals surface area contributed by atoms with Crippen LogP contribution in [-0.4, -0.2) is 5.78 Å². The Morgan fingerprint density at radius 2 is 2.07 bits per heavy atom. The van der Waals surface area contributed by atoms with E-state index in [2.05, 4.69) is 27.4 Å². The van der Waals surface area contributed by atoms with E-state index in [1.54, 1.807) is 6.08 Å². The molecule has 0 heterocycles. The summed E-state index contributed by atoms with van der Waals surface area (Å²) in [7, 11) is 0. The van der Waals surface area contributed by atoms with Crippen molar-refractivity contribution in [1.82, 2.24) is 0 Å². The molecule has 0 N–H and O–H groups in total. The van der Waals surface area contributed by atoms with Crippen LogP contribution in [0.15, 0.2) is 24.3 Å². The van der Waals surface area contributed by atoms with Crippen LogP contribution in [-0.2, 0) is 4.79 Å². The molecule has 84 valence electrons. The summed E-state index contributed by atoms with van der Waals surface area (Å²) in [5, 5.41) is 0. The highest BCUT2D eigenvalue weighted by Gasteiger charge is 2.34. The standard InChI is InChI=1S/C14H22O/c1-5-6-7-8-12-11(2)13(15)9-10-14(12,3)4/h9-10,12H,2,5-8H2,1,3-4H3. The lowest BCUT2D eigenvalue weighted by molar-refractivity contribution is -0.112. The molecule has 0 fully saturated rings. The molecule has 1 aliphatic rings. The number of rotatable bonds is 4. The van der Waals surface area contributed by atoms with Crippen LogP contribution in [0.3, 0.4) is 0 Å². The van der Waals surface area contributed by atoms with Gasteiger partial charge in [-0.15, -0.1) is 0 Å². The second-order valence-electron chi connectivity index (χ2n) is 5.09. The Hall–Kier alpha value is -0.850. The van der Waals surface area contributed by atoms with E-state index in [0.29, 0.717) is 5.92 Å². The molecule has 15 heavy (non-hydrogen) atoms. The topological polar surface area (TPSA) is 17.1 Å². The van der Waals surface area contributed by atoms with Gasteiger partial charge in [0.1, 0.15) is 0 Å². The van der Waals surface area contributed by atoms with Crippen LogP contribution >= 0.6 is 0 Å². The predicted octanol–water partition coefficient (Wildman–Crippen LogP) is 3.90.